The number of hydrogen-bond acceptors (Lipinski definition) is 6. The highest BCUT2D eigenvalue weighted by molar-refractivity contribution is 6.07. The van der Waals surface area contributed by atoms with E-state index in [0.29, 0.717) is 17.1 Å². The molecule has 0 spiro atoms. The van der Waals surface area contributed by atoms with Gasteiger partial charge in [0.2, 0.25) is 0 Å². The van der Waals surface area contributed by atoms with Gasteiger partial charge in [0.15, 0.2) is 17.2 Å². The summed E-state index contributed by atoms with van der Waals surface area (Å²) in [6.45, 7) is 0.266. The quantitative estimate of drug-likeness (QED) is 0.618. The second-order valence-electron chi connectivity index (χ2n) is 6.15. The zero-order valence-electron chi connectivity index (χ0n) is 16.3. The molecule has 3 rings (SSSR count). The Bertz CT molecular complexity index is 1030. The van der Waals surface area contributed by atoms with Gasteiger partial charge in [-0.2, -0.15) is 5.10 Å². The molecule has 0 saturated heterocycles. The third-order valence-corrected chi connectivity index (χ3v) is 4.11. The van der Waals surface area contributed by atoms with Crippen LogP contribution in [-0.4, -0.2) is 35.9 Å². The van der Waals surface area contributed by atoms with Crippen LogP contribution in [0.1, 0.15) is 26.4 Å². The minimum Gasteiger partial charge on any atom is -0.493 e. The van der Waals surface area contributed by atoms with E-state index in [9.17, 15) is 9.59 Å². The van der Waals surface area contributed by atoms with Crippen LogP contribution in [0.5, 0.6) is 11.5 Å². The summed E-state index contributed by atoms with van der Waals surface area (Å²) < 4.78 is 17.2. The van der Waals surface area contributed by atoms with Crippen molar-refractivity contribution >= 4 is 17.6 Å². The summed E-state index contributed by atoms with van der Waals surface area (Å²) in [5.41, 5.74) is 1.55. The lowest BCUT2D eigenvalue weighted by Gasteiger charge is -2.11. The molecule has 8 heteroatoms. The van der Waals surface area contributed by atoms with Crippen LogP contribution < -0.4 is 14.8 Å². The maximum atomic E-state index is 12.7. The van der Waals surface area contributed by atoms with E-state index in [1.807, 2.05) is 30.3 Å². The predicted octanol–water partition coefficient (Wildman–Crippen LogP) is 3.05. The topological polar surface area (TPSA) is 91.7 Å². The highest BCUT2D eigenvalue weighted by Crippen LogP contribution is 2.26. The average Bonchev–Trinajstić information content (AvgIpc) is 3.12. The molecule has 0 bridgehead atoms. The van der Waals surface area contributed by atoms with Crippen LogP contribution in [0, 0.1) is 0 Å². The monoisotopic (exact) mass is 395 g/mol. The molecule has 8 nitrogen and oxygen atoms in total. The van der Waals surface area contributed by atoms with Crippen molar-refractivity contribution in [1.82, 2.24) is 9.78 Å². The number of nitrogens with zero attached hydrogens (tertiary/aromatic N) is 2. The molecule has 1 heterocycles. The fourth-order valence-electron chi connectivity index (χ4n) is 2.72. The summed E-state index contributed by atoms with van der Waals surface area (Å²) in [5.74, 6) is 0.249. The maximum Gasteiger partial charge on any atom is 0.360 e. The average molecular weight is 395 g/mol. The molecule has 150 valence electrons. The predicted molar refractivity (Wildman–Crippen MR) is 106 cm³/mol. The van der Waals surface area contributed by atoms with E-state index in [-0.39, 0.29) is 23.9 Å². The van der Waals surface area contributed by atoms with Gasteiger partial charge in [-0.25, -0.2) is 4.79 Å². The van der Waals surface area contributed by atoms with Crippen molar-refractivity contribution in [2.45, 2.75) is 6.61 Å². The van der Waals surface area contributed by atoms with Crippen molar-refractivity contribution in [3.63, 3.8) is 0 Å². The van der Waals surface area contributed by atoms with Crippen LogP contribution in [-0.2, 0) is 18.4 Å². The molecule has 2 aromatic carbocycles. The number of anilines is 1. The molecular formula is C21H21N3O5. The van der Waals surface area contributed by atoms with Crippen LogP contribution in [0.15, 0.2) is 54.7 Å². The number of carbonyl (C=O) groups is 2. The lowest BCUT2D eigenvalue weighted by atomic mass is 10.1. The van der Waals surface area contributed by atoms with Gasteiger partial charge in [0.1, 0.15) is 6.61 Å². The zero-order chi connectivity index (χ0) is 20.8. The lowest BCUT2D eigenvalue weighted by molar-refractivity contribution is 0.0594. The molecule has 0 aliphatic rings. The van der Waals surface area contributed by atoms with E-state index in [1.165, 1.54) is 11.8 Å². The van der Waals surface area contributed by atoms with E-state index in [0.717, 1.165) is 5.56 Å². The Morgan fingerprint density at radius 3 is 2.55 bits per heavy atom. The molecule has 29 heavy (non-hydrogen) atoms. The van der Waals surface area contributed by atoms with Crippen molar-refractivity contribution in [3.05, 3.63) is 71.5 Å². The molecule has 3 aromatic rings. The standard InChI is InChI=1S/C21H21N3O5/c1-24-12-16(19(23-24)21(26)28-3)22-20(25)15-8-6-7-14(11-15)13-29-18-10-5-4-9-17(18)27-2/h4-12H,13H2,1-3H3,(H,22,25). The Hall–Kier alpha value is -3.81. The Morgan fingerprint density at radius 1 is 1.07 bits per heavy atom. The number of benzene rings is 2. The van der Waals surface area contributed by atoms with Gasteiger partial charge in [0, 0.05) is 18.8 Å². The fourth-order valence-corrected chi connectivity index (χ4v) is 2.72. The number of nitrogens with one attached hydrogen (secondary N) is 1. The molecule has 0 radical (unpaired) electrons. The number of aromatic nitrogens is 2. The lowest BCUT2D eigenvalue weighted by Crippen LogP contribution is -2.15. The van der Waals surface area contributed by atoms with Gasteiger partial charge in [-0.15, -0.1) is 0 Å². The number of methoxy groups -OCH3 is 2. The van der Waals surface area contributed by atoms with Gasteiger partial charge in [-0.1, -0.05) is 24.3 Å². The van der Waals surface area contributed by atoms with E-state index in [2.05, 4.69) is 10.4 Å². The summed E-state index contributed by atoms with van der Waals surface area (Å²) in [6.07, 6.45) is 1.54. The van der Waals surface area contributed by atoms with Crippen LogP contribution in [0.25, 0.3) is 0 Å². The number of aryl methyl sites for hydroxylation is 1. The first-order valence-electron chi connectivity index (χ1n) is 8.80. The van der Waals surface area contributed by atoms with Crippen LogP contribution in [0.2, 0.25) is 0 Å². The fraction of sp³-hybridized carbons (Fsp3) is 0.190. The van der Waals surface area contributed by atoms with E-state index >= 15 is 0 Å². The van der Waals surface area contributed by atoms with Gasteiger partial charge < -0.3 is 19.5 Å². The van der Waals surface area contributed by atoms with Crippen molar-refractivity contribution in [1.29, 1.82) is 0 Å². The first-order chi connectivity index (χ1) is 14.0. The minimum absolute atomic E-state index is 0.0408. The summed E-state index contributed by atoms with van der Waals surface area (Å²) in [6, 6.07) is 14.4. The number of amides is 1. The van der Waals surface area contributed by atoms with Gasteiger partial charge in [-0.3, -0.25) is 9.48 Å². The summed E-state index contributed by atoms with van der Waals surface area (Å²) in [4.78, 5) is 24.5. The smallest absolute Gasteiger partial charge is 0.360 e. The molecule has 0 aliphatic carbocycles. The zero-order valence-corrected chi connectivity index (χ0v) is 16.3. The number of rotatable bonds is 7. The number of para-hydroxylation sites is 2. The third-order valence-electron chi connectivity index (χ3n) is 4.11. The van der Waals surface area contributed by atoms with Crippen molar-refractivity contribution in [3.8, 4) is 11.5 Å². The number of esters is 1. The molecule has 1 aromatic heterocycles. The van der Waals surface area contributed by atoms with Crippen molar-refractivity contribution in [2.75, 3.05) is 19.5 Å². The van der Waals surface area contributed by atoms with Crippen molar-refractivity contribution < 1.29 is 23.8 Å². The Balaban J connectivity index is 1.72. The first kappa shape index (κ1) is 19.9. The molecule has 1 N–H and O–H groups in total. The van der Waals surface area contributed by atoms with Crippen LogP contribution >= 0.6 is 0 Å². The highest BCUT2D eigenvalue weighted by Gasteiger charge is 2.19. The van der Waals surface area contributed by atoms with Crippen molar-refractivity contribution in [2.24, 2.45) is 7.05 Å². The van der Waals surface area contributed by atoms with Gasteiger partial charge in [0.05, 0.1) is 19.9 Å². The normalized spacial score (nSPS) is 10.3. The Kier molecular flexibility index (Phi) is 6.13. The highest BCUT2D eigenvalue weighted by atomic mass is 16.5. The second kappa shape index (κ2) is 8.92. The van der Waals surface area contributed by atoms with Gasteiger partial charge >= 0.3 is 5.97 Å². The number of carbonyl (C=O) groups excluding carboxylic acids is 2. The SMILES string of the molecule is COC(=O)c1nn(C)cc1NC(=O)c1cccc(COc2ccccc2OC)c1. The van der Waals surface area contributed by atoms with Crippen LogP contribution in [0.4, 0.5) is 5.69 Å². The van der Waals surface area contributed by atoms with Crippen LogP contribution in [0.3, 0.4) is 0 Å². The first-order valence-corrected chi connectivity index (χ1v) is 8.80. The van der Waals surface area contributed by atoms with E-state index in [1.54, 1.807) is 38.6 Å². The Morgan fingerprint density at radius 2 is 1.83 bits per heavy atom. The largest absolute Gasteiger partial charge is 0.493 e. The molecule has 0 saturated carbocycles. The van der Waals surface area contributed by atoms with Gasteiger partial charge in [0.25, 0.3) is 5.91 Å². The van der Waals surface area contributed by atoms with E-state index in [4.69, 9.17) is 14.2 Å². The summed E-state index contributed by atoms with van der Waals surface area (Å²) in [5, 5.41) is 6.72. The molecule has 1 amide bonds. The summed E-state index contributed by atoms with van der Waals surface area (Å²) >= 11 is 0. The second-order valence-corrected chi connectivity index (χ2v) is 6.15. The molecule has 0 fully saturated rings. The molecule has 0 atom stereocenters. The molecule has 0 aliphatic heterocycles. The van der Waals surface area contributed by atoms with Gasteiger partial charge in [-0.05, 0) is 29.8 Å². The molecular weight excluding hydrogens is 374 g/mol. The molecule has 0 unspecified atom stereocenters. The van der Waals surface area contributed by atoms with E-state index < -0.39 is 5.97 Å². The Labute approximate surface area is 168 Å². The summed E-state index contributed by atoms with van der Waals surface area (Å²) in [7, 11) is 4.49. The number of hydrogen-bond donors (Lipinski definition) is 1. The number of ether oxygens (including phenoxy) is 3. The minimum atomic E-state index is -0.625. The third kappa shape index (κ3) is 4.73. The maximum absolute atomic E-state index is 12.7.